The quantitative estimate of drug-likeness (QED) is 0.893. The number of hydrogen-bond acceptors (Lipinski definition) is 3. The molecule has 1 amide bonds. The third kappa shape index (κ3) is 2.68. The molecule has 2 rings (SSSR count). The molecule has 1 atom stereocenters. The molecule has 0 spiro atoms. The molecule has 0 aromatic carbocycles. The maximum absolute atomic E-state index is 12.0. The first-order valence-electron chi connectivity index (χ1n) is 5.49. The normalized spacial score (nSPS) is 12.2. The van der Waals surface area contributed by atoms with E-state index in [-0.39, 0.29) is 11.9 Å². The van der Waals surface area contributed by atoms with Crippen LogP contribution in [0.3, 0.4) is 0 Å². The summed E-state index contributed by atoms with van der Waals surface area (Å²) < 4.78 is 0. The van der Waals surface area contributed by atoms with Crippen LogP contribution in [0.25, 0.3) is 0 Å². The van der Waals surface area contributed by atoms with Crippen LogP contribution in [-0.2, 0) is 0 Å². The summed E-state index contributed by atoms with van der Waals surface area (Å²) in [5, 5.41) is 9.78. The number of H-pyrrole nitrogens is 1. The van der Waals surface area contributed by atoms with E-state index in [1.54, 1.807) is 18.5 Å². The molecule has 0 aliphatic rings. The molecule has 0 fully saturated rings. The maximum Gasteiger partial charge on any atom is 0.254 e. The van der Waals surface area contributed by atoms with Gasteiger partial charge in [0.1, 0.15) is 0 Å². The molecule has 2 aromatic rings. The zero-order valence-corrected chi connectivity index (χ0v) is 10.8. The van der Waals surface area contributed by atoms with Crippen LogP contribution in [0.5, 0.6) is 0 Å². The van der Waals surface area contributed by atoms with E-state index in [0.717, 1.165) is 11.3 Å². The standard InChI is InChI=1S/C12H13ClN4O/c1-7-3-11(13)10(6-14-7)12(18)17-8(2)9-4-15-16-5-9/h3-6,8H,1-2H3,(H,15,16)(H,17,18). The number of pyridine rings is 1. The predicted octanol–water partition coefficient (Wildman–Crippen LogP) is 2.26. The number of aromatic nitrogens is 3. The van der Waals surface area contributed by atoms with Gasteiger partial charge in [-0.2, -0.15) is 5.10 Å². The third-order valence-electron chi connectivity index (χ3n) is 2.60. The molecule has 0 saturated carbocycles. The van der Waals surface area contributed by atoms with Gasteiger partial charge in [-0.3, -0.25) is 14.9 Å². The first kappa shape index (κ1) is 12.6. The minimum Gasteiger partial charge on any atom is -0.345 e. The second-order valence-electron chi connectivity index (χ2n) is 4.03. The van der Waals surface area contributed by atoms with E-state index in [4.69, 9.17) is 11.6 Å². The number of aromatic amines is 1. The van der Waals surface area contributed by atoms with Crippen molar-refractivity contribution in [3.05, 3.63) is 46.5 Å². The number of carbonyl (C=O) groups excluding carboxylic acids is 1. The Morgan fingerprint density at radius 3 is 2.89 bits per heavy atom. The zero-order valence-electron chi connectivity index (χ0n) is 10.1. The fourth-order valence-electron chi connectivity index (χ4n) is 1.55. The highest BCUT2D eigenvalue weighted by Gasteiger charge is 2.15. The Morgan fingerprint density at radius 1 is 1.50 bits per heavy atom. The van der Waals surface area contributed by atoms with E-state index in [9.17, 15) is 4.79 Å². The van der Waals surface area contributed by atoms with Gasteiger partial charge in [0.15, 0.2) is 0 Å². The Balaban J connectivity index is 2.12. The predicted molar refractivity (Wildman–Crippen MR) is 68.5 cm³/mol. The summed E-state index contributed by atoms with van der Waals surface area (Å²) in [6, 6.07) is 1.52. The Labute approximate surface area is 110 Å². The molecule has 2 aromatic heterocycles. The van der Waals surface area contributed by atoms with E-state index in [1.807, 2.05) is 13.8 Å². The zero-order chi connectivity index (χ0) is 13.1. The van der Waals surface area contributed by atoms with Gasteiger partial charge in [-0.05, 0) is 19.9 Å². The third-order valence-corrected chi connectivity index (χ3v) is 2.91. The van der Waals surface area contributed by atoms with Crippen molar-refractivity contribution in [2.45, 2.75) is 19.9 Å². The van der Waals surface area contributed by atoms with Crippen LogP contribution in [0, 0.1) is 6.92 Å². The molecular weight excluding hydrogens is 252 g/mol. The van der Waals surface area contributed by atoms with Crippen molar-refractivity contribution in [3.8, 4) is 0 Å². The van der Waals surface area contributed by atoms with Gasteiger partial charge in [0.2, 0.25) is 0 Å². The highest BCUT2D eigenvalue weighted by molar-refractivity contribution is 6.33. The number of amides is 1. The van der Waals surface area contributed by atoms with E-state index >= 15 is 0 Å². The maximum atomic E-state index is 12.0. The molecule has 0 radical (unpaired) electrons. The first-order valence-corrected chi connectivity index (χ1v) is 5.87. The van der Waals surface area contributed by atoms with Gasteiger partial charge in [-0.25, -0.2) is 0 Å². The van der Waals surface area contributed by atoms with Gasteiger partial charge in [0, 0.05) is 23.7 Å². The molecular formula is C12H13ClN4O. The minimum absolute atomic E-state index is 0.145. The number of carbonyl (C=O) groups is 1. The van der Waals surface area contributed by atoms with Crippen LogP contribution >= 0.6 is 11.6 Å². The average molecular weight is 265 g/mol. The van der Waals surface area contributed by atoms with E-state index in [1.165, 1.54) is 6.20 Å². The summed E-state index contributed by atoms with van der Waals surface area (Å²) in [6.45, 7) is 3.69. The number of rotatable bonds is 3. The molecule has 6 heteroatoms. The summed E-state index contributed by atoms with van der Waals surface area (Å²) in [4.78, 5) is 16.1. The Hall–Kier alpha value is -1.88. The summed E-state index contributed by atoms with van der Waals surface area (Å²) in [7, 11) is 0. The molecule has 18 heavy (non-hydrogen) atoms. The lowest BCUT2D eigenvalue weighted by Gasteiger charge is -2.12. The lowest BCUT2D eigenvalue weighted by Crippen LogP contribution is -2.26. The largest absolute Gasteiger partial charge is 0.345 e. The Kier molecular flexibility index (Phi) is 3.62. The highest BCUT2D eigenvalue weighted by Crippen LogP contribution is 2.17. The topological polar surface area (TPSA) is 70.7 Å². The Bertz CT molecular complexity index is 553. The first-order chi connectivity index (χ1) is 8.58. The van der Waals surface area contributed by atoms with Crippen LogP contribution in [0.2, 0.25) is 5.02 Å². The van der Waals surface area contributed by atoms with Crippen LogP contribution < -0.4 is 5.32 Å². The lowest BCUT2D eigenvalue weighted by molar-refractivity contribution is 0.0939. The number of nitrogens with one attached hydrogen (secondary N) is 2. The van der Waals surface area contributed by atoms with Crippen LogP contribution in [0.4, 0.5) is 0 Å². The van der Waals surface area contributed by atoms with Crippen molar-refractivity contribution in [1.82, 2.24) is 20.5 Å². The summed E-state index contributed by atoms with van der Waals surface area (Å²) >= 11 is 6.01. The van der Waals surface area contributed by atoms with Gasteiger partial charge in [0.25, 0.3) is 5.91 Å². The van der Waals surface area contributed by atoms with Crippen molar-refractivity contribution in [2.75, 3.05) is 0 Å². The second kappa shape index (κ2) is 5.18. The summed E-state index contributed by atoms with van der Waals surface area (Å²) in [6.07, 6.45) is 4.88. The molecule has 2 heterocycles. The second-order valence-corrected chi connectivity index (χ2v) is 4.44. The Morgan fingerprint density at radius 2 is 2.28 bits per heavy atom. The van der Waals surface area contributed by atoms with Crippen molar-refractivity contribution in [2.24, 2.45) is 0 Å². The van der Waals surface area contributed by atoms with Crippen LogP contribution in [0.1, 0.15) is 34.6 Å². The van der Waals surface area contributed by atoms with Crippen molar-refractivity contribution in [3.63, 3.8) is 0 Å². The molecule has 0 aliphatic carbocycles. The molecule has 0 aliphatic heterocycles. The lowest BCUT2D eigenvalue weighted by atomic mass is 10.1. The fourth-order valence-corrected chi connectivity index (χ4v) is 1.84. The van der Waals surface area contributed by atoms with Gasteiger partial charge in [-0.15, -0.1) is 0 Å². The molecule has 0 saturated heterocycles. The van der Waals surface area contributed by atoms with Crippen molar-refractivity contribution in [1.29, 1.82) is 0 Å². The number of aryl methyl sites for hydroxylation is 1. The van der Waals surface area contributed by atoms with Crippen LogP contribution in [-0.4, -0.2) is 21.1 Å². The summed E-state index contributed by atoms with van der Waals surface area (Å²) in [5.74, 6) is -0.249. The smallest absolute Gasteiger partial charge is 0.254 e. The van der Waals surface area contributed by atoms with E-state index in [0.29, 0.717) is 10.6 Å². The van der Waals surface area contributed by atoms with E-state index < -0.39 is 0 Å². The summed E-state index contributed by atoms with van der Waals surface area (Å²) in [5.41, 5.74) is 2.05. The molecule has 0 bridgehead atoms. The monoisotopic (exact) mass is 264 g/mol. The fraction of sp³-hybridized carbons (Fsp3) is 0.250. The number of nitrogens with zero attached hydrogens (tertiary/aromatic N) is 2. The van der Waals surface area contributed by atoms with E-state index in [2.05, 4.69) is 20.5 Å². The van der Waals surface area contributed by atoms with Gasteiger partial charge in [-0.1, -0.05) is 11.6 Å². The molecule has 5 nitrogen and oxygen atoms in total. The van der Waals surface area contributed by atoms with Crippen LogP contribution in [0.15, 0.2) is 24.7 Å². The van der Waals surface area contributed by atoms with Gasteiger partial charge < -0.3 is 5.32 Å². The number of hydrogen-bond donors (Lipinski definition) is 2. The molecule has 2 N–H and O–H groups in total. The number of halogens is 1. The van der Waals surface area contributed by atoms with Gasteiger partial charge in [0.05, 0.1) is 22.8 Å². The van der Waals surface area contributed by atoms with Crippen molar-refractivity contribution < 1.29 is 4.79 Å². The average Bonchev–Trinajstić information content (AvgIpc) is 2.81. The minimum atomic E-state index is -0.249. The highest BCUT2D eigenvalue weighted by atomic mass is 35.5. The van der Waals surface area contributed by atoms with Crippen molar-refractivity contribution >= 4 is 17.5 Å². The SMILES string of the molecule is Cc1cc(Cl)c(C(=O)NC(C)c2cn[nH]c2)cn1. The molecule has 94 valence electrons. The molecule has 1 unspecified atom stereocenters. The van der Waals surface area contributed by atoms with Gasteiger partial charge >= 0.3 is 0 Å².